The normalized spacial score (nSPS) is 11.4. The van der Waals surface area contributed by atoms with E-state index < -0.39 is 0 Å². The van der Waals surface area contributed by atoms with Crippen molar-refractivity contribution < 1.29 is 0 Å². The van der Waals surface area contributed by atoms with Crippen LogP contribution in [0.2, 0.25) is 0 Å². The minimum Gasteiger partial charge on any atom is -0.0616 e. The van der Waals surface area contributed by atoms with Gasteiger partial charge >= 0.3 is 0 Å². The molecule has 0 heteroatoms. The Kier molecular flexibility index (Phi) is 5.11. The van der Waals surface area contributed by atoms with Gasteiger partial charge in [-0.2, -0.15) is 0 Å². The smallest absolute Gasteiger partial charge is 0.0132 e. The predicted octanol–water partition coefficient (Wildman–Crippen LogP) is 8.44. The van der Waals surface area contributed by atoms with Gasteiger partial charge in [0.25, 0.3) is 0 Å². The van der Waals surface area contributed by atoms with Gasteiger partial charge in [0.05, 0.1) is 0 Å². The molecule has 0 N–H and O–H groups in total. The summed E-state index contributed by atoms with van der Waals surface area (Å²) in [7, 11) is 0. The van der Waals surface area contributed by atoms with Crippen LogP contribution < -0.4 is 0 Å². The summed E-state index contributed by atoms with van der Waals surface area (Å²) in [6.45, 7) is 8.87. The van der Waals surface area contributed by atoms with Gasteiger partial charge in [-0.1, -0.05) is 111 Å². The van der Waals surface area contributed by atoms with Crippen molar-refractivity contribution in [1.29, 1.82) is 0 Å². The topological polar surface area (TPSA) is 0 Å². The molecule has 5 rings (SSSR count). The second kappa shape index (κ2) is 7.72. The summed E-state index contributed by atoms with van der Waals surface area (Å²) < 4.78 is 0. The van der Waals surface area contributed by atoms with Gasteiger partial charge in [0.1, 0.15) is 0 Å². The fraction of sp³-hybridized carbons (Fsp3) is 0.172. The number of rotatable bonds is 0. The molecule has 0 aliphatic rings. The van der Waals surface area contributed by atoms with E-state index in [1.54, 1.807) is 0 Å². The average molecular weight is 377 g/mol. The van der Waals surface area contributed by atoms with Crippen LogP contribution in [0.5, 0.6) is 0 Å². The van der Waals surface area contributed by atoms with E-state index in [2.05, 4.69) is 125 Å². The molecule has 0 spiro atoms. The summed E-state index contributed by atoms with van der Waals surface area (Å²) in [5.74, 6) is 0. The zero-order valence-electron chi connectivity index (χ0n) is 17.7. The molecule has 29 heavy (non-hydrogen) atoms. The van der Waals surface area contributed by atoms with Gasteiger partial charge in [-0.25, -0.2) is 0 Å². The van der Waals surface area contributed by atoms with Gasteiger partial charge in [-0.05, 0) is 62.4 Å². The predicted molar refractivity (Wildman–Crippen MR) is 129 cm³/mol. The number of benzene rings is 5. The molecule has 0 saturated carbocycles. The van der Waals surface area contributed by atoms with Crippen LogP contribution in [-0.4, -0.2) is 0 Å². The zero-order valence-corrected chi connectivity index (χ0v) is 17.7. The van der Waals surface area contributed by atoms with Crippen molar-refractivity contribution in [3.63, 3.8) is 0 Å². The quantitative estimate of drug-likeness (QED) is 0.238. The van der Waals surface area contributed by atoms with E-state index in [9.17, 15) is 0 Å². The number of hydrogen-bond donors (Lipinski definition) is 0. The Balaban J connectivity index is 0.000000142. The van der Waals surface area contributed by atoms with Crippen molar-refractivity contribution in [2.75, 3.05) is 0 Å². The largest absolute Gasteiger partial charge is 0.0616 e. The van der Waals surface area contributed by atoms with Crippen molar-refractivity contribution >= 4 is 32.3 Å². The van der Waals surface area contributed by atoms with E-state index in [1.807, 2.05) is 0 Å². The minimum atomic E-state index is 0.240. The maximum absolute atomic E-state index is 2.29. The molecule has 5 aromatic rings. The number of hydrogen-bond acceptors (Lipinski definition) is 0. The molecular formula is C29H28. The van der Waals surface area contributed by atoms with E-state index in [4.69, 9.17) is 0 Å². The first-order valence-electron chi connectivity index (χ1n) is 10.3. The third kappa shape index (κ3) is 4.32. The van der Waals surface area contributed by atoms with Crippen molar-refractivity contribution in [3.05, 3.63) is 108 Å². The first-order chi connectivity index (χ1) is 13.9. The first-order valence-corrected chi connectivity index (χ1v) is 10.3. The average Bonchev–Trinajstić information content (AvgIpc) is 2.71. The second-order valence-electron chi connectivity index (χ2n) is 8.86. The maximum atomic E-state index is 2.29. The number of aryl methyl sites for hydroxylation is 1. The summed E-state index contributed by atoms with van der Waals surface area (Å²) >= 11 is 0. The molecular weight excluding hydrogens is 348 g/mol. The third-order valence-electron chi connectivity index (χ3n) is 5.48. The highest BCUT2D eigenvalue weighted by Crippen LogP contribution is 2.26. The van der Waals surface area contributed by atoms with Crippen LogP contribution in [0.4, 0.5) is 0 Å². The van der Waals surface area contributed by atoms with E-state index >= 15 is 0 Å². The Labute approximate surface area is 173 Å². The first kappa shape index (κ1) is 19.2. The minimum absolute atomic E-state index is 0.240. The lowest BCUT2D eigenvalue weighted by Gasteiger charge is -2.19. The summed E-state index contributed by atoms with van der Waals surface area (Å²) in [5.41, 5.74) is 2.96. The third-order valence-corrected chi connectivity index (χ3v) is 5.48. The summed E-state index contributed by atoms with van der Waals surface area (Å²) in [4.78, 5) is 0. The van der Waals surface area contributed by atoms with Gasteiger partial charge in [-0.3, -0.25) is 0 Å². The fourth-order valence-corrected chi connectivity index (χ4v) is 3.72. The molecule has 0 bridgehead atoms. The Morgan fingerprint density at radius 3 is 1.55 bits per heavy atom. The molecule has 0 atom stereocenters. The van der Waals surface area contributed by atoms with E-state index in [0.717, 1.165) is 0 Å². The molecule has 0 aromatic heterocycles. The van der Waals surface area contributed by atoms with Gasteiger partial charge in [-0.15, -0.1) is 0 Å². The van der Waals surface area contributed by atoms with Crippen LogP contribution >= 0.6 is 0 Å². The second-order valence-corrected chi connectivity index (χ2v) is 8.86. The maximum Gasteiger partial charge on any atom is -0.0132 e. The van der Waals surface area contributed by atoms with Crippen LogP contribution in [0.1, 0.15) is 31.9 Å². The molecule has 144 valence electrons. The van der Waals surface area contributed by atoms with Crippen LogP contribution in [-0.2, 0) is 5.41 Å². The standard InChI is InChI=1S/C15H12.C14H16/c1-11-6-7-14-9-12-4-2-3-5-13(12)10-15(14)8-11;1-14(2,3)13-9-8-11-6-4-5-7-12(11)10-13/h2-10H,1H3;4-10H,1-3H3. The van der Waals surface area contributed by atoms with Crippen LogP contribution in [0.3, 0.4) is 0 Å². The summed E-state index contributed by atoms with van der Waals surface area (Å²) in [6, 6.07) is 34.8. The molecule has 0 amide bonds. The SMILES string of the molecule is CC(C)(C)c1ccc2ccccc2c1.Cc1ccc2cc3ccccc3cc2c1. The molecule has 0 saturated heterocycles. The molecule has 5 aromatic carbocycles. The van der Waals surface area contributed by atoms with Crippen LogP contribution in [0.25, 0.3) is 32.3 Å². The van der Waals surface area contributed by atoms with Crippen molar-refractivity contribution in [2.24, 2.45) is 0 Å². The van der Waals surface area contributed by atoms with E-state index in [0.29, 0.717) is 0 Å². The Hall–Kier alpha value is -3.12. The molecule has 0 radical (unpaired) electrons. The van der Waals surface area contributed by atoms with Gasteiger partial charge in [0.15, 0.2) is 0 Å². The summed E-state index contributed by atoms with van der Waals surface area (Å²) in [5, 5.41) is 7.93. The lowest BCUT2D eigenvalue weighted by molar-refractivity contribution is 0.591. The highest BCUT2D eigenvalue weighted by molar-refractivity contribution is 5.98. The monoisotopic (exact) mass is 376 g/mol. The van der Waals surface area contributed by atoms with Crippen LogP contribution in [0, 0.1) is 6.92 Å². The molecule has 0 aliphatic carbocycles. The van der Waals surface area contributed by atoms with Gasteiger partial charge < -0.3 is 0 Å². The van der Waals surface area contributed by atoms with E-state index in [-0.39, 0.29) is 5.41 Å². The lowest BCUT2D eigenvalue weighted by Crippen LogP contribution is -2.10. The molecule has 0 unspecified atom stereocenters. The Morgan fingerprint density at radius 2 is 0.931 bits per heavy atom. The highest BCUT2D eigenvalue weighted by atomic mass is 14.2. The zero-order chi connectivity index (χ0) is 20.4. The molecule has 0 aliphatic heterocycles. The number of fused-ring (bicyclic) bond motifs is 3. The lowest BCUT2D eigenvalue weighted by atomic mass is 9.86. The molecule has 0 heterocycles. The highest BCUT2D eigenvalue weighted by Gasteiger charge is 2.13. The Bertz CT molecular complexity index is 1290. The van der Waals surface area contributed by atoms with Crippen molar-refractivity contribution in [3.8, 4) is 0 Å². The fourth-order valence-electron chi connectivity index (χ4n) is 3.72. The van der Waals surface area contributed by atoms with Gasteiger partial charge in [0.2, 0.25) is 0 Å². The molecule has 0 nitrogen and oxygen atoms in total. The van der Waals surface area contributed by atoms with E-state index in [1.165, 1.54) is 43.4 Å². The van der Waals surface area contributed by atoms with Gasteiger partial charge in [0, 0.05) is 0 Å². The van der Waals surface area contributed by atoms with Crippen LogP contribution in [0.15, 0.2) is 97.1 Å². The summed E-state index contributed by atoms with van der Waals surface area (Å²) in [6.07, 6.45) is 0. The van der Waals surface area contributed by atoms with Crippen molar-refractivity contribution in [1.82, 2.24) is 0 Å². The molecule has 0 fully saturated rings. The van der Waals surface area contributed by atoms with Crippen molar-refractivity contribution in [2.45, 2.75) is 33.1 Å². The Morgan fingerprint density at radius 1 is 0.448 bits per heavy atom.